The molecule has 1 aliphatic rings. The van der Waals surface area contributed by atoms with Gasteiger partial charge in [0.25, 0.3) is 5.91 Å². The molecule has 0 bridgehead atoms. The predicted octanol–water partition coefficient (Wildman–Crippen LogP) is 5.22. The molecule has 160 valence electrons. The Kier molecular flexibility index (Phi) is 5.78. The topological polar surface area (TPSA) is 71.5 Å². The quantitative estimate of drug-likeness (QED) is 0.596. The van der Waals surface area contributed by atoms with Gasteiger partial charge in [-0.1, -0.05) is 37.3 Å². The van der Waals surface area contributed by atoms with E-state index in [1.54, 1.807) is 22.4 Å². The van der Waals surface area contributed by atoms with Gasteiger partial charge < -0.3 is 15.0 Å². The van der Waals surface area contributed by atoms with Gasteiger partial charge in [-0.25, -0.2) is 4.98 Å². The zero-order chi connectivity index (χ0) is 22.0. The molecule has 0 spiro atoms. The summed E-state index contributed by atoms with van der Waals surface area (Å²) < 4.78 is 5.97. The highest BCUT2D eigenvalue weighted by Gasteiger charge is 2.37. The molecule has 1 N–H and O–H groups in total. The first-order chi connectivity index (χ1) is 14.9. The largest absolute Gasteiger partial charge is 0.490 e. The third-order valence-electron chi connectivity index (χ3n) is 5.13. The predicted molar refractivity (Wildman–Crippen MR) is 124 cm³/mol. The molecule has 31 heavy (non-hydrogen) atoms. The van der Waals surface area contributed by atoms with Crippen LogP contribution in [-0.4, -0.2) is 29.9 Å². The number of hydrogen-bond donors (Lipinski definition) is 1. The molecule has 3 aromatic rings. The number of fused-ring (bicyclic) bond motifs is 1. The van der Waals surface area contributed by atoms with E-state index in [2.05, 4.69) is 10.3 Å². The second kappa shape index (κ2) is 8.51. The van der Waals surface area contributed by atoms with Crippen molar-refractivity contribution in [2.75, 3.05) is 23.4 Å². The minimum atomic E-state index is -0.619. The smallest absolute Gasteiger partial charge is 0.275 e. The van der Waals surface area contributed by atoms with E-state index >= 15 is 0 Å². The van der Waals surface area contributed by atoms with Crippen LogP contribution in [0.2, 0.25) is 0 Å². The van der Waals surface area contributed by atoms with E-state index in [1.807, 2.05) is 57.2 Å². The van der Waals surface area contributed by atoms with Crippen molar-refractivity contribution >= 4 is 34.5 Å². The Morgan fingerprint density at radius 3 is 2.74 bits per heavy atom. The van der Waals surface area contributed by atoms with Crippen molar-refractivity contribution in [3.63, 3.8) is 0 Å². The molecular weight excluding hydrogens is 410 g/mol. The molecule has 1 aliphatic heterocycles. The van der Waals surface area contributed by atoms with Crippen LogP contribution in [0.3, 0.4) is 0 Å². The number of carbonyl (C=O) groups excluding carboxylic acids is 2. The Hall–Kier alpha value is -3.19. The zero-order valence-electron chi connectivity index (χ0n) is 17.8. The van der Waals surface area contributed by atoms with Crippen molar-refractivity contribution < 1.29 is 14.3 Å². The maximum atomic E-state index is 13.0. The molecule has 4 rings (SSSR count). The Bertz CT molecular complexity index is 1110. The molecule has 0 atom stereocenters. The lowest BCUT2D eigenvalue weighted by molar-refractivity contribution is -0.127. The van der Waals surface area contributed by atoms with Crippen molar-refractivity contribution in [3.05, 3.63) is 59.6 Å². The fourth-order valence-electron chi connectivity index (χ4n) is 3.46. The van der Waals surface area contributed by atoms with Crippen LogP contribution < -0.4 is 15.0 Å². The Labute approximate surface area is 185 Å². The molecule has 0 fully saturated rings. The number of anilines is 2. The third-order valence-corrected chi connectivity index (χ3v) is 6.02. The number of aromatic nitrogens is 1. The van der Waals surface area contributed by atoms with Crippen LogP contribution in [0.4, 0.5) is 11.4 Å². The van der Waals surface area contributed by atoms with Gasteiger partial charge >= 0.3 is 0 Å². The van der Waals surface area contributed by atoms with E-state index in [0.29, 0.717) is 23.7 Å². The first kappa shape index (κ1) is 21.1. The van der Waals surface area contributed by atoms with Gasteiger partial charge in [0.2, 0.25) is 5.91 Å². The van der Waals surface area contributed by atoms with Gasteiger partial charge in [-0.2, -0.15) is 0 Å². The fourth-order valence-corrected chi connectivity index (χ4v) is 4.26. The van der Waals surface area contributed by atoms with Crippen LogP contribution in [0, 0.1) is 5.41 Å². The number of rotatable bonds is 5. The maximum Gasteiger partial charge on any atom is 0.275 e. The van der Waals surface area contributed by atoms with E-state index in [-0.39, 0.29) is 18.4 Å². The molecule has 0 saturated heterocycles. The van der Waals surface area contributed by atoms with Gasteiger partial charge in [-0.15, -0.1) is 11.3 Å². The Morgan fingerprint density at radius 2 is 2.00 bits per heavy atom. The van der Waals surface area contributed by atoms with Crippen molar-refractivity contribution in [2.45, 2.75) is 27.2 Å². The summed E-state index contributed by atoms with van der Waals surface area (Å²) in [4.78, 5) is 31.9. The monoisotopic (exact) mass is 435 g/mol. The summed E-state index contributed by atoms with van der Waals surface area (Å²) in [5.41, 5.74) is 2.06. The van der Waals surface area contributed by atoms with E-state index in [0.717, 1.165) is 22.7 Å². The summed E-state index contributed by atoms with van der Waals surface area (Å²) in [6, 6.07) is 15.2. The van der Waals surface area contributed by atoms with Gasteiger partial charge in [-0.05, 0) is 32.4 Å². The lowest BCUT2D eigenvalue weighted by atomic mass is 9.93. The van der Waals surface area contributed by atoms with Crippen LogP contribution in [0.1, 0.15) is 37.7 Å². The summed E-state index contributed by atoms with van der Waals surface area (Å²) in [7, 11) is 0. The lowest BCUT2D eigenvalue weighted by Crippen LogP contribution is -2.42. The highest BCUT2D eigenvalue weighted by Crippen LogP contribution is 2.38. The van der Waals surface area contributed by atoms with Gasteiger partial charge in [0.1, 0.15) is 23.1 Å². The number of thiazole rings is 1. The standard InChI is InChI=1S/C24H25N3O3S/c1-4-12-27-19-11-10-17(13-20(19)30-15-24(2,3)23(27)29)25-21(28)18-14-31-22(26-18)16-8-6-5-7-9-16/h5-11,13-14H,4,12,15H2,1-3H3,(H,25,28). The van der Waals surface area contributed by atoms with Crippen LogP contribution >= 0.6 is 11.3 Å². The van der Waals surface area contributed by atoms with E-state index in [1.165, 1.54) is 11.3 Å². The highest BCUT2D eigenvalue weighted by molar-refractivity contribution is 7.13. The highest BCUT2D eigenvalue weighted by atomic mass is 32.1. The molecule has 2 aromatic carbocycles. The van der Waals surface area contributed by atoms with Crippen molar-refractivity contribution in [1.29, 1.82) is 0 Å². The molecule has 6 nitrogen and oxygen atoms in total. The average Bonchev–Trinajstić information content (AvgIpc) is 3.24. The van der Waals surface area contributed by atoms with Crippen LogP contribution in [0.15, 0.2) is 53.9 Å². The summed E-state index contributed by atoms with van der Waals surface area (Å²) in [6.07, 6.45) is 0.841. The van der Waals surface area contributed by atoms with Crippen molar-refractivity contribution in [1.82, 2.24) is 4.98 Å². The Balaban J connectivity index is 1.56. The van der Waals surface area contributed by atoms with Gasteiger partial charge in [-0.3, -0.25) is 9.59 Å². The number of nitrogens with one attached hydrogen (secondary N) is 1. The van der Waals surface area contributed by atoms with Crippen molar-refractivity contribution in [3.8, 4) is 16.3 Å². The van der Waals surface area contributed by atoms with Crippen LogP contribution in [-0.2, 0) is 4.79 Å². The first-order valence-corrected chi connectivity index (χ1v) is 11.2. The molecule has 1 aromatic heterocycles. The second-order valence-corrected chi connectivity index (χ2v) is 9.03. The molecule has 7 heteroatoms. The number of hydrogen-bond acceptors (Lipinski definition) is 5. The van der Waals surface area contributed by atoms with Crippen LogP contribution in [0.5, 0.6) is 5.75 Å². The Morgan fingerprint density at radius 1 is 1.23 bits per heavy atom. The molecular formula is C24H25N3O3S. The molecule has 2 amide bonds. The fraction of sp³-hybridized carbons (Fsp3) is 0.292. The first-order valence-electron chi connectivity index (χ1n) is 10.3. The molecule has 0 aliphatic carbocycles. The van der Waals surface area contributed by atoms with Gasteiger partial charge in [0.05, 0.1) is 11.1 Å². The summed E-state index contributed by atoms with van der Waals surface area (Å²) >= 11 is 1.43. The molecule has 0 radical (unpaired) electrons. The van der Waals surface area contributed by atoms with E-state index in [4.69, 9.17) is 4.74 Å². The van der Waals surface area contributed by atoms with Gasteiger partial charge in [0, 0.05) is 29.2 Å². The molecule has 2 heterocycles. The molecule has 0 unspecified atom stereocenters. The minimum absolute atomic E-state index is 0.0424. The third kappa shape index (κ3) is 4.32. The van der Waals surface area contributed by atoms with Crippen molar-refractivity contribution in [2.24, 2.45) is 5.41 Å². The summed E-state index contributed by atoms with van der Waals surface area (Å²) in [6.45, 7) is 6.71. The average molecular weight is 436 g/mol. The van der Waals surface area contributed by atoms with E-state index < -0.39 is 5.41 Å². The zero-order valence-corrected chi connectivity index (χ0v) is 18.7. The van der Waals surface area contributed by atoms with E-state index in [9.17, 15) is 9.59 Å². The number of nitrogens with zero attached hydrogens (tertiary/aromatic N) is 2. The van der Waals surface area contributed by atoms with Gasteiger partial charge in [0.15, 0.2) is 0 Å². The summed E-state index contributed by atoms with van der Waals surface area (Å²) in [5, 5.41) is 5.44. The molecule has 0 saturated carbocycles. The maximum absolute atomic E-state index is 13.0. The van der Waals surface area contributed by atoms with Crippen LogP contribution in [0.25, 0.3) is 10.6 Å². The second-order valence-electron chi connectivity index (χ2n) is 8.17. The SMILES string of the molecule is CCCN1C(=O)C(C)(C)COc2cc(NC(=O)c3csc(-c4ccccc4)n3)ccc21. The number of carbonyl (C=O) groups is 2. The number of ether oxygens (including phenoxy) is 1. The summed E-state index contributed by atoms with van der Waals surface area (Å²) in [5.74, 6) is 0.350. The number of benzene rings is 2. The lowest BCUT2D eigenvalue weighted by Gasteiger charge is -2.27. The number of amides is 2. The minimum Gasteiger partial charge on any atom is -0.490 e. The normalized spacial score (nSPS) is 15.1.